The summed E-state index contributed by atoms with van der Waals surface area (Å²) in [7, 11) is 0. The fourth-order valence-electron chi connectivity index (χ4n) is 1.84. The molecule has 0 fully saturated rings. The zero-order valence-corrected chi connectivity index (χ0v) is 9.47. The van der Waals surface area contributed by atoms with Gasteiger partial charge in [0.1, 0.15) is 12.0 Å². The van der Waals surface area contributed by atoms with E-state index in [0.29, 0.717) is 12.2 Å². The second-order valence-electron chi connectivity index (χ2n) is 3.77. The standard InChI is InChI=1S/C14H12O3/c1-10(16)17-13-8-11-4-2-3-5-14(11)12(9-13)6-7-15/h2-5,7-9H,6H2,1H3. The fourth-order valence-corrected chi connectivity index (χ4v) is 1.84. The first-order chi connectivity index (χ1) is 8.20. The minimum Gasteiger partial charge on any atom is -0.427 e. The normalized spacial score (nSPS) is 10.2. The molecule has 0 spiro atoms. The van der Waals surface area contributed by atoms with Crippen LogP contribution in [0.5, 0.6) is 5.75 Å². The van der Waals surface area contributed by atoms with Crippen LogP contribution in [0.2, 0.25) is 0 Å². The molecule has 0 unspecified atom stereocenters. The Bertz CT molecular complexity index is 573. The molecule has 0 bridgehead atoms. The van der Waals surface area contributed by atoms with E-state index >= 15 is 0 Å². The van der Waals surface area contributed by atoms with Crippen molar-refractivity contribution >= 4 is 23.0 Å². The molecule has 3 heteroatoms. The Morgan fingerprint density at radius 3 is 2.76 bits per heavy atom. The summed E-state index contributed by atoms with van der Waals surface area (Å²) < 4.78 is 5.05. The number of ether oxygens (including phenoxy) is 1. The maximum absolute atomic E-state index is 10.9. The number of benzene rings is 2. The molecule has 0 heterocycles. The Hall–Kier alpha value is -2.16. The molecule has 0 aliphatic rings. The van der Waals surface area contributed by atoms with E-state index in [2.05, 4.69) is 0 Å². The van der Waals surface area contributed by atoms with Gasteiger partial charge in [0.25, 0.3) is 0 Å². The van der Waals surface area contributed by atoms with Crippen LogP contribution in [0.25, 0.3) is 10.8 Å². The van der Waals surface area contributed by atoms with Gasteiger partial charge in [-0.25, -0.2) is 0 Å². The molecule has 0 aliphatic heterocycles. The van der Waals surface area contributed by atoms with Gasteiger partial charge in [0.2, 0.25) is 0 Å². The van der Waals surface area contributed by atoms with Gasteiger partial charge in [-0.15, -0.1) is 0 Å². The summed E-state index contributed by atoms with van der Waals surface area (Å²) >= 11 is 0. The minimum atomic E-state index is -0.364. The van der Waals surface area contributed by atoms with Gasteiger partial charge in [0, 0.05) is 13.3 Å². The molecule has 2 rings (SSSR count). The SMILES string of the molecule is CC(=O)Oc1cc(CC=O)c2ccccc2c1. The zero-order chi connectivity index (χ0) is 12.3. The van der Waals surface area contributed by atoms with Gasteiger partial charge >= 0.3 is 5.97 Å². The third-order valence-corrected chi connectivity index (χ3v) is 2.49. The highest BCUT2D eigenvalue weighted by Crippen LogP contribution is 2.25. The number of carbonyl (C=O) groups excluding carboxylic acids is 2. The Morgan fingerprint density at radius 1 is 1.29 bits per heavy atom. The molecule has 0 radical (unpaired) electrons. The Labute approximate surface area is 99.0 Å². The number of esters is 1. The van der Waals surface area contributed by atoms with Crippen LogP contribution in [0.1, 0.15) is 12.5 Å². The molecule has 86 valence electrons. The summed E-state index contributed by atoms with van der Waals surface area (Å²) in [6, 6.07) is 11.2. The maximum Gasteiger partial charge on any atom is 0.308 e. The molecule has 3 nitrogen and oxygen atoms in total. The molecule has 0 amide bonds. The molecule has 0 saturated carbocycles. The first-order valence-corrected chi connectivity index (χ1v) is 5.34. The lowest BCUT2D eigenvalue weighted by molar-refractivity contribution is -0.131. The maximum atomic E-state index is 10.9. The van der Waals surface area contributed by atoms with E-state index in [0.717, 1.165) is 22.6 Å². The summed E-state index contributed by atoms with van der Waals surface area (Å²) in [6.45, 7) is 1.36. The molecule has 0 aliphatic carbocycles. The molecule has 2 aromatic carbocycles. The number of hydrogen-bond acceptors (Lipinski definition) is 3. The van der Waals surface area contributed by atoms with Crippen molar-refractivity contribution < 1.29 is 14.3 Å². The van der Waals surface area contributed by atoms with Crippen molar-refractivity contribution in [3.05, 3.63) is 42.0 Å². The lowest BCUT2D eigenvalue weighted by Crippen LogP contribution is -2.02. The van der Waals surface area contributed by atoms with E-state index < -0.39 is 0 Å². The summed E-state index contributed by atoms with van der Waals surface area (Å²) in [5.41, 5.74) is 0.870. The Balaban J connectivity index is 2.57. The van der Waals surface area contributed by atoms with Crippen LogP contribution in [0.15, 0.2) is 36.4 Å². The van der Waals surface area contributed by atoms with Crippen molar-refractivity contribution in [2.75, 3.05) is 0 Å². The average molecular weight is 228 g/mol. The van der Waals surface area contributed by atoms with E-state index in [-0.39, 0.29) is 5.97 Å². The van der Waals surface area contributed by atoms with Crippen molar-refractivity contribution in [3.8, 4) is 5.75 Å². The summed E-state index contributed by atoms with van der Waals surface area (Å²) in [4.78, 5) is 21.6. The molecule has 0 saturated heterocycles. The van der Waals surface area contributed by atoms with E-state index in [4.69, 9.17) is 4.74 Å². The van der Waals surface area contributed by atoms with Gasteiger partial charge in [-0.1, -0.05) is 24.3 Å². The zero-order valence-electron chi connectivity index (χ0n) is 9.47. The molecule has 2 aromatic rings. The highest BCUT2D eigenvalue weighted by Gasteiger charge is 2.05. The van der Waals surface area contributed by atoms with Crippen molar-refractivity contribution in [2.24, 2.45) is 0 Å². The van der Waals surface area contributed by atoms with Crippen molar-refractivity contribution in [1.29, 1.82) is 0 Å². The largest absolute Gasteiger partial charge is 0.427 e. The molecule has 0 N–H and O–H groups in total. The minimum absolute atomic E-state index is 0.315. The molecular formula is C14H12O3. The molecular weight excluding hydrogens is 216 g/mol. The topological polar surface area (TPSA) is 43.4 Å². The third-order valence-electron chi connectivity index (χ3n) is 2.49. The van der Waals surface area contributed by atoms with Gasteiger partial charge < -0.3 is 9.53 Å². The van der Waals surface area contributed by atoms with Crippen LogP contribution in [-0.4, -0.2) is 12.3 Å². The number of aldehydes is 1. The predicted octanol–water partition coefficient (Wildman–Crippen LogP) is 2.51. The lowest BCUT2D eigenvalue weighted by Gasteiger charge is -2.07. The highest BCUT2D eigenvalue weighted by molar-refractivity contribution is 5.89. The third kappa shape index (κ3) is 2.50. The quantitative estimate of drug-likeness (QED) is 0.460. The average Bonchev–Trinajstić information content (AvgIpc) is 2.28. The van der Waals surface area contributed by atoms with Crippen molar-refractivity contribution in [2.45, 2.75) is 13.3 Å². The van der Waals surface area contributed by atoms with Gasteiger partial charge in [-0.3, -0.25) is 4.79 Å². The second-order valence-corrected chi connectivity index (χ2v) is 3.77. The van der Waals surface area contributed by atoms with E-state index in [1.54, 1.807) is 12.1 Å². The monoisotopic (exact) mass is 228 g/mol. The van der Waals surface area contributed by atoms with Crippen LogP contribution < -0.4 is 4.74 Å². The molecule has 0 atom stereocenters. The Morgan fingerprint density at radius 2 is 2.06 bits per heavy atom. The summed E-state index contributed by atoms with van der Waals surface area (Å²) in [5, 5.41) is 1.97. The summed E-state index contributed by atoms with van der Waals surface area (Å²) in [6.07, 6.45) is 1.16. The second kappa shape index (κ2) is 4.78. The van der Waals surface area contributed by atoms with E-state index in [1.165, 1.54) is 6.92 Å². The highest BCUT2D eigenvalue weighted by atomic mass is 16.5. The lowest BCUT2D eigenvalue weighted by atomic mass is 10.0. The Kier molecular flexibility index (Phi) is 3.19. The van der Waals surface area contributed by atoms with E-state index in [9.17, 15) is 9.59 Å². The van der Waals surface area contributed by atoms with Gasteiger partial charge in [0.15, 0.2) is 0 Å². The van der Waals surface area contributed by atoms with Crippen LogP contribution >= 0.6 is 0 Å². The molecule has 17 heavy (non-hydrogen) atoms. The number of carbonyl (C=O) groups is 2. The van der Waals surface area contributed by atoms with Crippen LogP contribution in [-0.2, 0) is 16.0 Å². The van der Waals surface area contributed by atoms with Gasteiger partial charge in [-0.05, 0) is 28.5 Å². The smallest absolute Gasteiger partial charge is 0.308 e. The van der Waals surface area contributed by atoms with E-state index in [1.807, 2.05) is 24.3 Å². The van der Waals surface area contributed by atoms with Gasteiger partial charge in [0.05, 0.1) is 0 Å². The number of rotatable bonds is 3. The fraction of sp³-hybridized carbons (Fsp3) is 0.143. The summed E-state index contributed by atoms with van der Waals surface area (Å²) in [5.74, 6) is 0.116. The predicted molar refractivity (Wildman–Crippen MR) is 65.0 cm³/mol. The molecule has 0 aromatic heterocycles. The first-order valence-electron chi connectivity index (χ1n) is 5.34. The first kappa shape index (κ1) is 11.3. The number of hydrogen-bond donors (Lipinski definition) is 0. The van der Waals surface area contributed by atoms with Crippen LogP contribution in [0.3, 0.4) is 0 Å². The van der Waals surface area contributed by atoms with Crippen LogP contribution in [0.4, 0.5) is 0 Å². The van der Waals surface area contributed by atoms with Crippen molar-refractivity contribution in [1.82, 2.24) is 0 Å². The van der Waals surface area contributed by atoms with Crippen molar-refractivity contribution in [3.63, 3.8) is 0 Å². The van der Waals surface area contributed by atoms with Crippen LogP contribution in [0, 0.1) is 0 Å². The number of fused-ring (bicyclic) bond motifs is 1. The van der Waals surface area contributed by atoms with Gasteiger partial charge in [-0.2, -0.15) is 0 Å².